The predicted octanol–water partition coefficient (Wildman–Crippen LogP) is 2.74. The highest BCUT2D eigenvalue weighted by Gasteiger charge is 2.14. The van der Waals surface area contributed by atoms with E-state index in [1.54, 1.807) is 31.0 Å². The molecular formula is C12H15BrFNO2. The van der Waals surface area contributed by atoms with Gasteiger partial charge in [0, 0.05) is 23.1 Å². The van der Waals surface area contributed by atoms with E-state index in [2.05, 4.69) is 15.9 Å². The topological polar surface area (TPSA) is 40.5 Å². The number of hydrogen-bond donors (Lipinski definition) is 1. The monoisotopic (exact) mass is 303 g/mol. The van der Waals surface area contributed by atoms with Gasteiger partial charge >= 0.3 is 5.97 Å². The lowest BCUT2D eigenvalue weighted by atomic mass is 10.1. The third-order valence-corrected chi connectivity index (χ3v) is 2.96. The normalized spacial score (nSPS) is 12.8. The molecule has 0 radical (unpaired) electrons. The minimum Gasteiger partial charge on any atom is -0.481 e. The third kappa shape index (κ3) is 4.44. The van der Waals surface area contributed by atoms with Gasteiger partial charge in [0.05, 0.1) is 5.92 Å². The van der Waals surface area contributed by atoms with E-state index in [1.807, 2.05) is 0 Å². The van der Waals surface area contributed by atoms with Gasteiger partial charge in [0.15, 0.2) is 0 Å². The molecule has 0 bridgehead atoms. The molecule has 0 fully saturated rings. The minimum atomic E-state index is -0.840. The summed E-state index contributed by atoms with van der Waals surface area (Å²) in [6.45, 7) is 2.43. The van der Waals surface area contributed by atoms with Crippen LogP contribution in [-0.4, -0.2) is 29.6 Å². The van der Waals surface area contributed by atoms with Gasteiger partial charge in [-0.25, -0.2) is 4.39 Å². The first-order valence-corrected chi connectivity index (χ1v) is 6.04. The van der Waals surface area contributed by atoms with E-state index in [4.69, 9.17) is 5.11 Å². The zero-order valence-electron chi connectivity index (χ0n) is 9.78. The predicted molar refractivity (Wildman–Crippen MR) is 67.2 cm³/mol. The smallest absolute Gasteiger partial charge is 0.307 e. The maximum Gasteiger partial charge on any atom is 0.307 e. The molecule has 0 heterocycles. The van der Waals surface area contributed by atoms with E-state index in [1.165, 1.54) is 6.07 Å². The Balaban J connectivity index is 2.62. The molecule has 5 heteroatoms. The van der Waals surface area contributed by atoms with Crippen molar-refractivity contribution in [3.63, 3.8) is 0 Å². The molecule has 0 amide bonds. The summed E-state index contributed by atoms with van der Waals surface area (Å²) in [4.78, 5) is 12.5. The Morgan fingerprint density at radius 3 is 2.76 bits per heavy atom. The van der Waals surface area contributed by atoms with Crippen molar-refractivity contribution in [2.24, 2.45) is 5.92 Å². The van der Waals surface area contributed by atoms with Crippen molar-refractivity contribution < 1.29 is 14.3 Å². The summed E-state index contributed by atoms with van der Waals surface area (Å²) in [7, 11) is 1.78. The van der Waals surface area contributed by atoms with Crippen LogP contribution in [-0.2, 0) is 11.3 Å². The van der Waals surface area contributed by atoms with Crippen molar-refractivity contribution in [1.29, 1.82) is 0 Å². The van der Waals surface area contributed by atoms with Crippen LogP contribution in [0.5, 0.6) is 0 Å². The summed E-state index contributed by atoms with van der Waals surface area (Å²) >= 11 is 3.19. The zero-order valence-corrected chi connectivity index (χ0v) is 11.4. The highest BCUT2D eigenvalue weighted by molar-refractivity contribution is 9.10. The first-order valence-electron chi connectivity index (χ1n) is 5.25. The van der Waals surface area contributed by atoms with Crippen molar-refractivity contribution in [3.8, 4) is 0 Å². The zero-order chi connectivity index (χ0) is 13.0. The summed E-state index contributed by atoms with van der Waals surface area (Å²) in [6, 6.07) is 4.87. The fraction of sp³-hybridized carbons (Fsp3) is 0.417. The minimum absolute atomic E-state index is 0.283. The van der Waals surface area contributed by atoms with E-state index in [0.29, 0.717) is 23.1 Å². The van der Waals surface area contributed by atoms with Crippen LogP contribution < -0.4 is 0 Å². The van der Waals surface area contributed by atoms with Crippen LogP contribution in [0, 0.1) is 11.7 Å². The molecule has 1 unspecified atom stereocenters. The molecule has 0 aliphatic rings. The molecule has 0 aliphatic carbocycles. The van der Waals surface area contributed by atoms with Gasteiger partial charge in [0.2, 0.25) is 0 Å². The van der Waals surface area contributed by atoms with E-state index < -0.39 is 11.9 Å². The second-order valence-electron chi connectivity index (χ2n) is 4.17. The number of halogens is 2. The van der Waals surface area contributed by atoms with Crippen LogP contribution in [0.4, 0.5) is 4.39 Å². The third-order valence-electron chi connectivity index (χ3n) is 2.46. The molecule has 17 heavy (non-hydrogen) atoms. The van der Waals surface area contributed by atoms with Crippen LogP contribution in [0.25, 0.3) is 0 Å². The average Bonchev–Trinajstić information content (AvgIpc) is 2.22. The molecule has 1 rings (SSSR count). The second kappa shape index (κ2) is 6.12. The summed E-state index contributed by atoms with van der Waals surface area (Å²) in [6.07, 6.45) is 0. The number of nitrogens with zero attached hydrogens (tertiary/aromatic N) is 1. The number of hydrogen-bond acceptors (Lipinski definition) is 2. The number of carboxylic acid groups (broad SMARTS) is 1. The molecule has 0 saturated heterocycles. The van der Waals surface area contributed by atoms with Crippen molar-refractivity contribution in [1.82, 2.24) is 4.90 Å². The van der Waals surface area contributed by atoms with Crippen LogP contribution in [0.3, 0.4) is 0 Å². The largest absolute Gasteiger partial charge is 0.481 e. The quantitative estimate of drug-likeness (QED) is 0.909. The maximum atomic E-state index is 13.5. The van der Waals surface area contributed by atoms with Crippen LogP contribution in [0.2, 0.25) is 0 Å². The molecule has 0 saturated carbocycles. The Labute approximate surface area is 108 Å². The summed E-state index contributed by atoms with van der Waals surface area (Å²) in [5.74, 6) is -1.58. The van der Waals surface area contributed by atoms with Crippen LogP contribution in [0.1, 0.15) is 12.5 Å². The van der Waals surface area contributed by atoms with E-state index in [-0.39, 0.29) is 5.82 Å². The Kier molecular flexibility index (Phi) is 5.08. The molecule has 0 spiro atoms. The van der Waals surface area contributed by atoms with Gasteiger partial charge in [-0.05, 0) is 19.2 Å². The van der Waals surface area contributed by atoms with Gasteiger partial charge in [0.1, 0.15) is 5.82 Å². The number of aliphatic carboxylic acids is 1. The lowest BCUT2D eigenvalue weighted by molar-refractivity contribution is -0.141. The van der Waals surface area contributed by atoms with E-state index in [0.717, 1.165) is 0 Å². The molecule has 0 aromatic heterocycles. The molecule has 1 atom stereocenters. The second-order valence-corrected chi connectivity index (χ2v) is 5.09. The summed E-state index contributed by atoms with van der Waals surface area (Å²) < 4.78 is 14.2. The fourth-order valence-corrected chi connectivity index (χ4v) is 1.88. The maximum absolute atomic E-state index is 13.5. The standard InChI is InChI=1S/C12H15BrFNO2/c1-8(12(16)17)6-15(2)7-9-3-4-10(13)5-11(9)14/h3-5,8H,6-7H2,1-2H3,(H,16,17). The highest BCUT2D eigenvalue weighted by atomic mass is 79.9. The molecule has 1 N–H and O–H groups in total. The van der Waals surface area contributed by atoms with Gasteiger partial charge in [-0.1, -0.05) is 28.9 Å². The molecule has 3 nitrogen and oxygen atoms in total. The summed E-state index contributed by atoms with van der Waals surface area (Å²) in [5, 5.41) is 8.78. The molecule has 1 aromatic carbocycles. The number of benzene rings is 1. The van der Waals surface area contributed by atoms with Crippen LogP contribution in [0.15, 0.2) is 22.7 Å². The molecule has 94 valence electrons. The van der Waals surface area contributed by atoms with Gasteiger partial charge in [-0.15, -0.1) is 0 Å². The van der Waals surface area contributed by atoms with E-state index in [9.17, 15) is 9.18 Å². The van der Waals surface area contributed by atoms with E-state index >= 15 is 0 Å². The van der Waals surface area contributed by atoms with Crippen molar-refractivity contribution >= 4 is 21.9 Å². The van der Waals surface area contributed by atoms with Crippen molar-refractivity contribution in [2.75, 3.05) is 13.6 Å². The first kappa shape index (κ1) is 14.1. The van der Waals surface area contributed by atoms with Crippen molar-refractivity contribution in [3.05, 3.63) is 34.1 Å². The van der Waals surface area contributed by atoms with Crippen LogP contribution >= 0.6 is 15.9 Å². The van der Waals surface area contributed by atoms with Gasteiger partial charge < -0.3 is 10.0 Å². The summed E-state index contributed by atoms with van der Waals surface area (Å²) in [5.41, 5.74) is 0.563. The SMILES string of the molecule is CC(CN(C)Cc1ccc(Br)cc1F)C(=O)O. The Morgan fingerprint density at radius 2 is 2.24 bits per heavy atom. The molecule has 1 aromatic rings. The van der Waals surface area contributed by atoms with Gasteiger partial charge in [-0.3, -0.25) is 4.79 Å². The number of rotatable bonds is 5. The van der Waals surface area contributed by atoms with Gasteiger partial charge in [-0.2, -0.15) is 0 Å². The number of carboxylic acids is 1. The first-order chi connectivity index (χ1) is 7.90. The fourth-order valence-electron chi connectivity index (χ4n) is 1.55. The Morgan fingerprint density at radius 1 is 1.59 bits per heavy atom. The Hall–Kier alpha value is -0.940. The lowest BCUT2D eigenvalue weighted by Crippen LogP contribution is -2.28. The highest BCUT2D eigenvalue weighted by Crippen LogP contribution is 2.16. The van der Waals surface area contributed by atoms with Gasteiger partial charge in [0.25, 0.3) is 0 Å². The lowest BCUT2D eigenvalue weighted by Gasteiger charge is -2.19. The average molecular weight is 304 g/mol. The molecular weight excluding hydrogens is 289 g/mol. The van der Waals surface area contributed by atoms with Crippen molar-refractivity contribution in [2.45, 2.75) is 13.5 Å². The Bertz CT molecular complexity index is 411. The molecule has 0 aliphatic heterocycles. The number of carbonyl (C=O) groups is 1.